The summed E-state index contributed by atoms with van der Waals surface area (Å²) in [7, 11) is 0. The van der Waals surface area contributed by atoms with Crippen LogP contribution in [-0.2, 0) is 16.0 Å². The van der Waals surface area contributed by atoms with Crippen molar-refractivity contribution in [2.45, 2.75) is 18.4 Å². The summed E-state index contributed by atoms with van der Waals surface area (Å²) in [5.41, 5.74) is 2.22. The van der Waals surface area contributed by atoms with Gasteiger partial charge in [0, 0.05) is 19.2 Å². The summed E-state index contributed by atoms with van der Waals surface area (Å²) < 4.78 is 0. The third kappa shape index (κ3) is 3.68. The second-order valence-corrected chi connectivity index (χ2v) is 6.15. The number of benzene rings is 1. The number of rotatable bonds is 4. The summed E-state index contributed by atoms with van der Waals surface area (Å²) in [6.07, 6.45) is 0.901. The average Bonchev–Trinajstić information content (AvgIpc) is 2.97. The summed E-state index contributed by atoms with van der Waals surface area (Å²) in [4.78, 5) is 25.1. The smallest absolute Gasteiger partial charge is 0.237 e. The van der Waals surface area contributed by atoms with Gasteiger partial charge in [-0.2, -0.15) is 0 Å². The standard InChI is InChI=1S/C16H16N4O2S/c1-11(21)17-14-6-7-15(19-18-14)23-10-16(22)20-9-8-12-4-2-3-5-13(12)20/h2-7H,8-10H2,1H3,(H,17,18,21). The number of hydrogen-bond acceptors (Lipinski definition) is 5. The molecule has 1 aliphatic heterocycles. The van der Waals surface area contributed by atoms with E-state index in [4.69, 9.17) is 0 Å². The number of aromatic nitrogens is 2. The van der Waals surface area contributed by atoms with E-state index in [1.54, 1.807) is 12.1 Å². The van der Waals surface area contributed by atoms with Crippen LogP contribution in [0.15, 0.2) is 41.4 Å². The molecular formula is C16H16N4O2S. The van der Waals surface area contributed by atoms with Crippen molar-refractivity contribution in [2.24, 2.45) is 0 Å². The Morgan fingerprint density at radius 2 is 2.04 bits per heavy atom. The third-order valence-corrected chi connectivity index (χ3v) is 4.38. The Morgan fingerprint density at radius 3 is 2.78 bits per heavy atom. The van der Waals surface area contributed by atoms with E-state index in [-0.39, 0.29) is 11.8 Å². The highest BCUT2D eigenvalue weighted by atomic mass is 32.2. The second-order valence-electron chi connectivity index (χ2n) is 5.15. The fourth-order valence-electron chi connectivity index (χ4n) is 2.45. The van der Waals surface area contributed by atoms with E-state index in [1.807, 2.05) is 23.1 Å². The van der Waals surface area contributed by atoms with E-state index in [9.17, 15) is 9.59 Å². The molecule has 6 nitrogen and oxygen atoms in total. The summed E-state index contributed by atoms with van der Waals surface area (Å²) in [6, 6.07) is 11.4. The molecule has 23 heavy (non-hydrogen) atoms. The van der Waals surface area contributed by atoms with Gasteiger partial charge in [0.15, 0.2) is 5.82 Å². The molecule has 0 saturated heterocycles. The Kier molecular flexibility index (Phi) is 4.57. The minimum absolute atomic E-state index is 0.0627. The lowest BCUT2D eigenvalue weighted by molar-refractivity contribution is -0.116. The average molecular weight is 328 g/mol. The lowest BCUT2D eigenvalue weighted by Crippen LogP contribution is -2.30. The molecule has 0 aliphatic carbocycles. The highest BCUT2D eigenvalue weighted by molar-refractivity contribution is 7.99. The minimum atomic E-state index is -0.192. The lowest BCUT2D eigenvalue weighted by atomic mass is 10.2. The van der Waals surface area contributed by atoms with Crippen LogP contribution in [0.5, 0.6) is 0 Å². The molecule has 118 valence electrons. The molecule has 1 N–H and O–H groups in total. The molecule has 2 amide bonds. The number of amides is 2. The fraction of sp³-hybridized carbons (Fsp3) is 0.250. The maximum Gasteiger partial charge on any atom is 0.237 e. The van der Waals surface area contributed by atoms with E-state index in [0.717, 1.165) is 18.7 Å². The molecule has 1 aliphatic rings. The van der Waals surface area contributed by atoms with Gasteiger partial charge in [0.2, 0.25) is 11.8 Å². The van der Waals surface area contributed by atoms with Crippen LogP contribution in [0.3, 0.4) is 0 Å². The van der Waals surface area contributed by atoms with Gasteiger partial charge in [0.05, 0.1) is 5.75 Å². The van der Waals surface area contributed by atoms with Crippen LogP contribution in [0.25, 0.3) is 0 Å². The number of hydrogen-bond donors (Lipinski definition) is 1. The largest absolute Gasteiger partial charge is 0.311 e. The zero-order chi connectivity index (χ0) is 16.2. The Balaban J connectivity index is 1.58. The Bertz CT molecular complexity index is 733. The number of nitrogens with one attached hydrogen (secondary N) is 1. The minimum Gasteiger partial charge on any atom is -0.311 e. The highest BCUT2D eigenvalue weighted by Crippen LogP contribution is 2.28. The first-order valence-corrected chi connectivity index (χ1v) is 8.24. The van der Waals surface area contributed by atoms with Gasteiger partial charge >= 0.3 is 0 Å². The maximum atomic E-state index is 12.4. The number of carbonyl (C=O) groups is 2. The van der Waals surface area contributed by atoms with Gasteiger partial charge in [-0.3, -0.25) is 9.59 Å². The predicted molar refractivity (Wildman–Crippen MR) is 89.6 cm³/mol. The number of nitrogens with zero attached hydrogens (tertiary/aromatic N) is 3. The van der Waals surface area contributed by atoms with E-state index in [2.05, 4.69) is 21.6 Å². The fourth-order valence-corrected chi connectivity index (χ4v) is 3.14. The van der Waals surface area contributed by atoms with Crippen molar-refractivity contribution < 1.29 is 9.59 Å². The van der Waals surface area contributed by atoms with Gasteiger partial charge in [0.25, 0.3) is 0 Å². The van der Waals surface area contributed by atoms with E-state index < -0.39 is 0 Å². The molecule has 7 heteroatoms. The molecular weight excluding hydrogens is 312 g/mol. The number of fused-ring (bicyclic) bond motifs is 1. The maximum absolute atomic E-state index is 12.4. The van der Waals surface area contributed by atoms with Gasteiger partial charge in [0.1, 0.15) is 5.03 Å². The van der Waals surface area contributed by atoms with Crippen molar-refractivity contribution in [2.75, 3.05) is 22.5 Å². The highest BCUT2D eigenvalue weighted by Gasteiger charge is 2.23. The van der Waals surface area contributed by atoms with Crippen LogP contribution in [0.1, 0.15) is 12.5 Å². The zero-order valence-electron chi connectivity index (χ0n) is 12.7. The Morgan fingerprint density at radius 1 is 1.22 bits per heavy atom. The molecule has 0 bridgehead atoms. The van der Waals surface area contributed by atoms with Crippen LogP contribution in [0.4, 0.5) is 11.5 Å². The molecule has 3 rings (SSSR count). The van der Waals surface area contributed by atoms with Crippen molar-refractivity contribution in [3.8, 4) is 0 Å². The van der Waals surface area contributed by atoms with Crippen LogP contribution >= 0.6 is 11.8 Å². The SMILES string of the molecule is CC(=O)Nc1ccc(SCC(=O)N2CCc3ccccc32)nn1. The van der Waals surface area contributed by atoms with Crippen molar-refractivity contribution in [1.82, 2.24) is 10.2 Å². The number of para-hydroxylation sites is 1. The molecule has 0 saturated carbocycles. The Hall–Kier alpha value is -2.41. The van der Waals surface area contributed by atoms with Crippen molar-refractivity contribution in [3.63, 3.8) is 0 Å². The topological polar surface area (TPSA) is 75.2 Å². The number of thioether (sulfide) groups is 1. The molecule has 2 heterocycles. The molecule has 0 atom stereocenters. The summed E-state index contributed by atoms with van der Waals surface area (Å²) in [5.74, 6) is 0.583. The molecule has 0 fully saturated rings. The van der Waals surface area contributed by atoms with E-state index in [1.165, 1.54) is 24.2 Å². The first kappa shape index (κ1) is 15.5. The van der Waals surface area contributed by atoms with Crippen LogP contribution < -0.4 is 10.2 Å². The lowest BCUT2D eigenvalue weighted by Gasteiger charge is -2.16. The normalized spacial score (nSPS) is 12.8. The van der Waals surface area contributed by atoms with Crippen LogP contribution in [-0.4, -0.2) is 34.3 Å². The van der Waals surface area contributed by atoms with Gasteiger partial charge in [-0.25, -0.2) is 0 Å². The summed E-state index contributed by atoms with van der Waals surface area (Å²) >= 11 is 1.34. The predicted octanol–water partition coefficient (Wildman–Crippen LogP) is 2.12. The van der Waals surface area contributed by atoms with Crippen LogP contribution in [0.2, 0.25) is 0 Å². The summed E-state index contributed by atoms with van der Waals surface area (Å²) in [6.45, 7) is 2.14. The molecule has 1 aromatic heterocycles. The third-order valence-electron chi connectivity index (χ3n) is 3.48. The molecule has 0 unspecified atom stereocenters. The second kappa shape index (κ2) is 6.78. The molecule has 2 aromatic rings. The van der Waals surface area contributed by atoms with Crippen molar-refractivity contribution in [1.29, 1.82) is 0 Å². The first-order valence-electron chi connectivity index (χ1n) is 7.26. The van der Waals surface area contributed by atoms with Gasteiger partial charge in [-0.15, -0.1) is 10.2 Å². The van der Waals surface area contributed by atoms with Gasteiger partial charge < -0.3 is 10.2 Å². The van der Waals surface area contributed by atoms with Gasteiger partial charge in [-0.1, -0.05) is 30.0 Å². The van der Waals surface area contributed by atoms with E-state index >= 15 is 0 Å². The summed E-state index contributed by atoms with van der Waals surface area (Å²) in [5, 5.41) is 11.1. The van der Waals surface area contributed by atoms with Crippen LogP contribution in [0, 0.1) is 0 Å². The molecule has 0 spiro atoms. The van der Waals surface area contributed by atoms with Crippen molar-refractivity contribution in [3.05, 3.63) is 42.0 Å². The number of carbonyl (C=O) groups excluding carboxylic acids is 2. The van der Waals surface area contributed by atoms with Crippen molar-refractivity contribution >= 4 is 35.1 Å². The quantitative estimate of drug-likeness (QED) is 0.870. The van der Waals surface area contributed by atoms with Gasteiger partial charge in [-0.05, 0) is 30.2 Å². The first-order chi connectivity index (χ1) is 11.1. The zero-order valence-corrected chi connectivity index (χ0v) is 13.5. The Labute approximate surface area is 138 Å². The number of anilines is 2. The molecule has 1 aromatic carbocycles. The monoisotopic (exact) mass is 328 g/mol. The van der Waals surface area contributed by atoms with E-state index in [0.29, 0.717) is 16.6 Å². The molecule has 0 radical (unpaired) electrons.